The second-order valence-electron chi connectivity index (χ2n) is 4.36. The SMILES string of the molecule is COc1ccc2c(-c3ccc(Cl)cc3)coc(=O)c2c1. The van der Waals surface area contributed by atoms with Gasteiger partial charge in [-0.2, -0.15) is 0 Å². The summed E-state index contributed by atoms with van der Waals surface area (Å²) in [5, 5.41) is 1.98. The van der Waals surface area contributed by atoms with Crippen LogP contribution in [-0.4, -0.2) is 7.11 Å². The number of hydrogen-bond donors (Lipinski definition) is 0. The minimum atomic E-state index is -0.378. The lowest BCUT2D eigenvalue weighted by atomic mass is 10.0. The first-order valence-electron chi connectivity index (χ1n) is 6.04. The molecule has 0 fully saturated rings. The van der Waals surface area contributed by atoms with Crippen LogP contribution in [0, 0.1) is 0 Å². The molecular weight excluding hydrogens is 276 g/mol. The van der Waals surface area contributed by atoms with Gasteiger partial charge in [-0.05, 0) is 35.9 Å². The molecule has 0 aliphatic rings. The molecular formula is C16H11ClO3. The maximum absolute atomic E-state index is 11.8. The quantitative estimate of drug-likeness (QED) is 0.711. The van der Waals surface area contributed by atoms with Gasteiger partial charge < -0.3 is 9.15 Å². The van der Waals surface area contributed by atoms with Crippen molar-refractivity contribution >= 4 is 22.4 Å². The van der Waals surface area contributed by atoms with Crippen molar-refractivity contribution in [3.63, 3.8) is 0 Å². The van der Waals surface area contributed by atoms with Crippen LogP contribution < -0.4 is 10.4 Å². The molecule has 0 aliphatic carbocycles. The van der Waals surface area contributed by atoms with Gasteiger partial charge in [-0.1, -0.05) is 23.7 Å². The zero-order valence-electron chi connectivity index (χ0n) is 10.7. The fraction of sp³-hybridized carbons (Fsp3) is 0.0625. The Morgan fingerprint density at radius 2 is 1.80 bits per heavy atom. The van der Waals surface area contributed by atoms with E-state index < -0.39 is 0 Å². The van der Waals surface area contributed by atoms with Gasteiger partial charge >= 0.3 is 5.63 Å². The molecule has 4 heteroatoms. The molecule has 1 aromatic heterocycles. The highest BCUT2D eigenvalue weighted by Gasteiger charge is 2.09. The zero-order chi connectivity index (χ0) is 14.1. The summed E-state index contributed by atoms with van der Waals surface area (Å²) >= 11 is 5.89. The molecule has 0 bridgehead atoms. The Morgan fingerprint density at radius 3 is 2.50 bits per heavy atom. The highest BCUT2D eigenvalue weighted by atomic mass is 35.5. The second-order valence-corrected chi connectivity index (χ2v) is 4.79. The molecule has 0 spiro atoms. The fourth-order valence-electron chi connectivity index (χ4n) is 2.15. The summed E-state index contributed by atoms with van der Waals surface area (Å²) < 4.78 is 10.3. The number of rotatable bonds is 2. The van der Waals surface area contributed by atoms with Gasteiger partial charge in [0.2, 0.25) is 0 Å². The van der Waals surface area contributed by atoms with Crippen molar-refractivity contribution < 1.29 is 9.15 Å². The van der Waals surface area contributed by atoms with Crippen LogP contribution in [0.25, 0.3) is 21.9 Å². The van der Waals surface area contributed by atoms with Crippen LogP contribution in [0.1, 0.15) is 0 Å². The highest BCUT2D eigenvalue weighted by Crippen LogP contribution is 2.29. The summed E-state index contributed by atoms with van der Waals surface area (Å²) in [6.07, 6.45) is 1.47. The number of methoxy groups -OCH3 is 1. The summed E-state index contributed by atoms with van der Waals surface area (Å²) in [5.74, 6) is 0.623. The van der Waals surface area contributed by atoms with Crippen molar-refractivity contribution in [2.24, 2.45) is 0 Å². The lowest BCUT2D eigenvalue weighted by Crippen LogP contribution is -2.00. The Bertz CT molecular complexity index is 819. The third-order valence-electron chi connectivity index (χ3n) is 3.18. The van der Waals surface area contributed by atoms with Crippen molar-refractivity contribution in [1.29, 1.82) is 0 Å². The lowest BCUT2D eigenvalue weighted by molar-refractivity contribution is 0.415. The van der Waals surface area contributed by atoms with Gasteiger partial charge in [0.15, 0.2) is 0 Å². The van der Waals surface area contributed by atoms with E-state index in [1.54, 1.807) is 25.3 Å². The van der Waals surface area contributed by atoms with E-state index in [2.05, 4.69) is 0 Å². The maximum atomic E-state index is 11.8. The molecule has 0 amide bonds. The van der Waals surface area contributed by atoms with E-state index in [4.69, 9.17) is 20.8 Å². The smallest absolute Gasteiger partial charge is 0.343 e. The molecule has 100 valence electrons. The summed E-state index contributed by atoms with van der Waals surface area (Å²) in [5.41, 5.74) is 1.41. The average molecular weight is 287 g/mol. The number of hydrogen-bond acceptors (Lipinski definition) is 3. The van der Waals surface area contributed by atoms with Crippen molar-refractivity contribution in [1.82, 2.24) is 0 Å². The maximum Gasteiger partial charge on any atom is 0.343 e. The number of benzene rings is 2. The molecule has 2 aromatic carbocycles. The Hall–Kier alpha value is -2.26. The molecule has 0 N–H and O–H groups in total. The van der Waals surface area contributed by atoms with Crippen LogP contribution in [0.15, 0.2) is 57.9 Å². The van der Waals surface area contributed by atoms with Crippen molar-refractivity contribution in [3.8, 4) is 16.9 Å². The van der Waals surface area contributed by atoms with Crippen LogP contribution in [0.3, 0.4) is 0 Å². The Morgan fingerprint density at radius 1 is 1.05 bits per heavy atom. The van der Waals surface area contributed by atoms with E-state index in [-0.39, 0.29) is 5.63 Å². The molecule has 0 radical (unpaired) electrons. The lowest BCUT2D eigenvalue weighted by Gasteiger charge is -2.07. The highest BCUT2D eigenvalue weighted by molar-refractivity contribution is 6.30. The van der Waals surface area contributed by atoms with Crippen molar-refractivity contribution in [3.05, 3.63) is 64.2 Å². The van der Waals surface area contributed by atoms with Crippen LogP contribution in [0.5, 0.6) is 5.75 Å². The zero-order valence-corrected chi connectivity index (χ0v) is 11.5. The molecule has 0 aliphatic heterocycles. The van der Waals surface area contributed by atoms with Gasteiger partial charge in [-0.15, -0.1) is 0 Å². The average Bonchev–Trinajstić information content (AvgIpc) is 2.49. The molecule has 20 heavy (non-hydrogen) atoms. The molecule has 3 rings (SSSR count). The standard InChI is InChI=1S/C16H11ClO3/c1-19-12-6-7-13-14(8-12)16(18)20-9-15(13)10-2-4-11(17)5-3-10/h2-9H,1H3. The van der Waals surface area contributed by atoms with Crippen molar-refractivity contribution in [2.75, 3.05) is 7.11 Å². The van der Waals surface area contributed by atoms with Gasteiger partial charge in [0.1, 0.15) is 12.0 Å². The van der Waals surface area contributed by atoms with Crippen LogP contribution in [-0.2, 0) is 0 Å². The summed E-state index contributed by atoms with van der Waals surface area (Å²) in [6.45, 7) is 0. The number of fused-ring (bicyclic) bond motifs is 1. The Kier molecular flexibility index (Phi) is 3.20. The second kappa shape index (κ2) is 5.02. The number of halogens is 1. The van der Waals surface area contributed by atoms with E-state index in [1.165, 1.54) is 6.26 Å². The van der Waals surface area contributed by atoms with Crippen LogP contribution >= 0.6 is 11.6 Å². The Labute approximate surface area is 120 Å². The summed E-state index contributed by atoms with van der Waals surface area (Å²) in [7, 11) is 1.56. The van der Waals surface area contributed by atoms with Crippen LogP contribution in [0.2, 0.25) is 5.02 Å². The minimum Gasteiger partial charge on any atom is -0.497 e. The van der Waals surface area contributed by atoms with E-state index in [9.17, 15) is 4.79 Å². The molecule has 3 aromatic rings. The van der Waals surface area contributed by atoms with Crippen LogP contribution in [0.4, 0.5) is 0 Å². The number of ether oxygens (including phenoxy) is 1. The predicted octanol–water partition coefficient (Wildman–Crippen LogP) is 4.12. The van der Waals surface area contributed by atoms with Gasteiger partial charge in [-0.25, -0.2) is 4.79 Å². The first-order chi connectivity index (χ1) is 9.69. The van der Waals surface area contributed by atoms with E-state index in [0.29, 0.717) is 16.2 Å². The largest absolute Gasteiger partial charge is 0.497 e. The van der Waals surface area contributed by atoms with E-state index in [0.717, 1.165) is 16.5 Å². The van der Waals surface area contributed by atoms with Crippen molar-refractivity contribution in [2.45, 2.75) is 0 Å². The molecule has 1 heterocycles. The summed E-state index contributed by atoms with van der Waals surface area (Å²) in [4.78, 5) is 11.8. The van der Waals surface area contributed by atoms with E-state index >= 15 is 0 Å². The molecule has 0 saturated carbocycles. The molecule has 0 saturated heterocycles. The summed E-state index contributed by atoms with van der Waals surface area (Å²) in [6, 6.07) is 12.7. The topological polar surface area (TPSA) is 39.4 Å². The monoisotopic (exact) mass is 286 g/mol. The first kappa shape index (κ1) is 12.8. The van der Waals surface area contributed by atoms with Gasteiger partial charge in [0.25, 0.3) is 0 Å². The minimum absolute atomic E-state index is 0.378. The Balaban J connectivity index is 2.29. The van der Waals surface area contributed by atoms with Gasteiger partial charge in [0.05, 0.1) is 12.5 Å². The fourth-order valence-corrected chi connectivity index (χ4v) is 2.27. The van der Waals surface area contributed by atoms with E-state index in [1.807, 2.05) is 24.3 Å². The van der Waals surface area contributed by atoms with Gasteiger partial charge in [0, 0.05) is 16.0 Å². The first-order valence-corrected chi connectivity index (χ1v) is 6.42. The van der Waals surface area contributed by atoms with Gasteiger partial charge in [-0.3, -0.25) is 0 Å². The molecule has 0 atom stereocenters. The third-order valence-corrected chi connectivity index (χ3v) is 3.43. The molecule has 0 unspecified atom stereocenters. The molecule has 3 nitrogen and oxygen atoms in total. The normalized spacial score (nSPS) is 10.7. The predicted molar refractivity (Wildman–Crippen MR) is 79.5 cm³/mol. The third kappa shape index (κ3) is 2.17.